The SMILES string of the molecule is CCN(Cc1nc(-c2ccccc2Cl)no1)C1CNC1. The first-order valence-electron chi connectivity index (χ1n) is 6.80. The Balaban J connectivity index is 1.75. The van der Waals surface area contributed by atoms with Gasteiger partial charge in [0.05, 0.1) is 11.6 Å². The maximum Gasteiger partial charge on any atom is 0.241 e. The summed E-state index contributed by atoms with van der Waals surface area (Å²) in [5.74, 6) is 1.18. The summed E-state index contributed by atoms with van der Waals surface area (Å²) < 4.78 is 5.34. The molecule has 1 aliphatic heterocycles. The second-order valence-corrected chi connectivity index (χ2v) is 5.27. The van der Waals surface area contributed by atoms with Crippen molar-refractivity contribution in [2.24, 2.45) is 0 Å². The fourth-order valence-electron chi connectivity index (χ4n) is 2.28. The van der Waals surface area contributed by atoms with Gasteiger partial charge in [0, 0.05) is 24.7 Å². The third-order valence-corrected chi connectivity index (χ3v) is 3.93. The van der Waals surface area contributed by atoms with Crippen LogP contribution in [0, 0.1) is 0 Å². The number of nitrogens with one attached hydrogen (secondary N) is 1. The van der Waals surface area contributed by atoms with Gasteiger partial charge < -0.3 is 9.84 Å². The van der Waals surface area contributed by atoms with Crippen molar-refractivity contribution < 1.29 is 4.52 Å². The molecule has 0 bridgehead atoms. The van der Waals surface area contributed by atoms with Gasteiger partial charge in [-0.3, -0.25) is 4.90 Å². The Morgan fingerprint density at radius 2 is 2.20 bits per heavy atom. The minimum atomic E-state index is 0.549. The van der Waals surface area contributed by atoms with Gasteiger partial charge in [-0.1, -0.05) is 35.8 Å². The van der Waals surface area contributed by atoms with Crippen molar-refractivity contribution in [1.29, 1.82) is 0 Å². The van der Waals surface area contributed by atoms with Crippen LogP contribution in [0.25, 0.3) is 11.4 Å². The molecule has 1 saturated heterocycles. The van der Waals surface area contributed by atoms with Crippen LogP contribution in [0.1, 0.15) is 12.8 Å². The van der Waals surface area contributed by atoms with E-state index in [2.05, 4.69) is 27.3 Å². The van der Waals surface area contributed by atoms with Crippen LogP contribution in [-0.4, -0.2) is 40.7 Å². The minimum Gasteiger partial charge on any atom is -0.338 e. The number of aromatic nitrogens is 2. The second-order valence-electron chi connectivity index (χ2n) is 4.87. The lowest BCUT2D eigenvalue weighted by Crippen LogP contribution is -2.56. The lowest BCUT2D eigenvalue weighted by atomic mass is 10.1. The van der Waals surface area contributed by atoms with E-state index in [-0.39, 0.29) is 0 Å². The first-order valence-corrected chi connectivity index (χ1v) is 7.18. The highest BCUT2D eigenvalue weighted by Gasteiger charge is 2.25. The number of benzene rings is 1. The van der Waals surface area contributed by atoms with Crippen LogP contribution >= 0.6 is 11.6 Å². The van der Waals surface area contributed by atoms with E-state index >= 15 is 0 Å². The molecule has 0 amide bonds. The molecule has 0 unspecified atom stereocenters. The van der Waals surface area contributed by atoms with E-state index in [1.54, 1.807) is 0 Å². The van der Waals surface area contributed by atoms with Gasteiger partial charge in [-0.25, -0.2) is 0 Å². The molecule has 1 aromatic carbocycles. The molecule has 0 saturated carbocycles. The molecule has 6 heteroatoms. The predicted octanol–water partition coefficient (Wildman–Crippen LogP) is 2.18. The number of halogens is 1. The highest BCUT2D eigenvalue weighted by Crippen LogP contribution is 2.25. The van der Waals surface area contributed by atoms with E-state index in [1.807, 2.05) is 24.3 Å². The quantitative estimate of drug-likeness (QED) is 0.915. The zero-order valence-corrected chi connectivity index (χ0v) is 12.1. The molecule has 1 N–H and O–H groups in total. The van der Waals surface area contributed by atoms with Crippen LogP contribution in [-0.2, 0) is 6.54 Å². The van der Waals surface area contributed by atoms with Crippen molar-refractivity contribution in [2.75, 3.05) is 19.6 Å². The Morgan fingerprint density at radius 1 is 1.40 bits per heavy atom. The molecule has 2 aromatic rings. The van der Waals surface area contributed by atoms with Gasteiger partial charge in [0.1, 0.15) is 0 Å². The third-order valence-electron chi connectivity index (χ3n) is 3.60. The average molecular weight is 293 g/mol. The molecule has 1 aromatic heterocycles. The van der Waals surface area contributed by atoms with Crippen molar-refractivity contribution in [3.63, 3.8) is 0 Å². The number of rotatable bonds is 5. The molecular formula is C14H17ClN4O. The molecule has 20 heavy (non-hydrogen) atoms. The fraction of sp³-hybridized carbons (Fsp3) is 0.429. The first kappa shape index (κ1) is 13.5. The Kier molecular flexibility index (Phi) is 4.00. The molecule has 0 aliphatic carbocycles. The van der Waals surface area contributed by atoms with Crippen molar-refractivity contribution in [2.45, 2.75) is 19.5 Å². The monoisotopic (exact) mass is 292 g/mol. The number of hydrogen-bond acceptors (Lipinski definition) is 5. The summed E-state index contributed by atoms with van der Waals surface area (Å²) in [5, 5.41) is 7.93. The normalized spacial score (nSPS) is 15.6. The number of nitrogens with zero attached hydrogens (tertiary/aromatic N) is 3. The Bertz CT molecular complexity index is 582. The van der Waals surface area contributed by atoms with Crippen molar-refractivity contribution >= 4 is 11.6 Å². The topological polar surface area (TPSA) is 54.2 Å². The van der Waals surface area contributed by atoms with Crippen LogP contribution in [0.4, 0.5) is 0 Å². The molecular weight excluding hydrogens is 276 g/mol. The fourth-order valence-corrected chi connectivity index (χ4v) is 2.50. The first-order chi connectivity index (χ1) is 9.78. The molecule has 2 heterocycles. The van der Waals surface area contributed by atoms with E-state index in [4.69, 9.17) is 16.1 Å². The standard InChI is InChI=1S/C14H17ClN4O/c1-2-19(10-7-16-8-10)9-13-17-14(18-20-13)11-5-3-4-6-12(11)15/h3-6,10,16H,2,7-9H2,1H3. The predicted molar refractivity (Wildman–Crippen MR) is 77.5 cm³/mol. The van der Waals surface area contributed by atoms with Crippen molar-refractivity contribution in [3.8, 4) is 11.4 Å². The maximum absolute atomic E-state index is 6.14. The smallest absolute Gasteiger partial charge is 0.241 e. The van der Waals surface area contributed by atoms with Crippen LogP contribution in [0.2, 0.25) is 5.02 Å². The summed E-state index contributed by atoms with van der Waals surface area (Å²) in [6, 6.07) is 8.08. The Morgan fingerprint density at radius 3 is 2.85 bits per heavy atom. The minimum absolute atomic E-state index is 0.549. The van der Waals surface area contributed by atoms with Gasteiger partial charge in [0.2, 0.25) is 11.7 Å². The summed E-state index contributed by atoms with van der Waals surface area (Å²) in [6.07, 6.45) is 0. The van der Waals surface area contributed by atoms with Crippen LogP contribution in [0.15, 0.2) is 28.8 Å². The van der Waals surface area contributed by atoms with E-state index in [9.17, 15) is 0 Å². The maximum atomic E-state index is 6.14. The highest BCUT2D eigenvalue weighted by atomic mass is 35.5. The molecule has 0 radical (unpaired) electrons. The van der Waals surface area contributed by atoms with Crippen LogP contribution in [0.3, 0.4) is 0 Å². The summed E-state index contributed by atoms with van der Waals surface area (Å²) >= 11 is 6.14. The molecule has 3 rings (SSSR count). The van der Waals surface area contributed by atoms with Gasteiger partial charge in [-0.15, -0.1) is 0 Å². The third kappa shape index (κ3) is 2.70. The highest BCUT2D eigenvalue weighted by molar-refractivity contribution is 6.33. The number of likely N-dealkylation sites (N-methyl/N-ethyl adjacent to an activating group) is 1. The second kappa shape index (κ2) is 5.91. The zero-order chi connectivity index (χ0) is 13.9. The van der Waals surface area contributed by atoms with Gasteiger partial charge in [0.15, 0.2) is 0 Å². The van der Waals surface area contributed by atoms with Gasteiger partial charge >= 0.3 is 0 Å². The molecule has 106 valence electrons. The van der Waals surface area contributed by atoms with Crippen LogP contribution < -0.4 is 5.32 Å². The zero-order valence-electron chi connectivity index (χ0n) is 11.3. The van der Waals surface area contributed by atoms with Crippen molar-refractivity contribution in [1.82, 2.24) is 20.4 Å². The largest absolute Gasteiger partial charge is 0.338 e. The van der Waals surface area contributed by atoms with Gasteiger partial charge in [0.25, 0.3) is 0 Å². The van der Waals surface area contributed by atoms with E-state index in [1.165, 1.54) is 0 Å². The van der Waals surface area contributed by atoms with Crippen molar-refractivity contribution in [3.05, 3.63) is 35.2 Å². The lowest BCUT2D eigenvalue weighted by Gasteiger charge is -2.36. The number of hydrogen-bond donors (Lipinski definition) is 1. The summed E-state index contributed by atoms with van der Waals surface area (Å²) in [4.78, 5) is 6.78. The van der Waals surface area contributed by atoms with Crippen LogP contribution in [0.5, 0.6) is 0 Å². The molecule has 0 spiro atoms. The lowest BCUT2D eigenvalue weighted by molar-refractivity contribution is 0.129. The summed E-state index contributed by atoms with van der Waals surface area (Å²) in [7, 11) is 0. The van der Waals surface area contributed by atoms with E-state index in [0.29, 0.717) is 29.3 Å². The van der Waals surface area contributed by atoms with Gasteiger partial charge in [-0.2, -0.15) is 4.98 Å². The Labute approximate surface area is 122 Å². The molecule has 1 aliphatic rings. The average Bonchev–Trinajstić information content (AvgIpc) is 2.85. The molecule has 1 fully saturated rings. The Hall–Kier alpha value is -1.43. The van der Waals surface area contributed by atoms with E-state index < -0.39 is 0 Å². The van der Waals surface area contributed by atoms with Gasteiger partial charge in [-0.05, 0) is 18.7 Å². The summed E-state index contributed by atoms with van der Waals surface area (Å²) in [5.41, 5.74) is 0.803. The molecule has 0 atom stereocenters. The molecule has 5 nitrogen and oxygen atoms in total. The van der Waals surface area contributed by atoms with E-state index in [0.717, 1.165) is 25.2 Å². The summed E-state index contributed by atoms with van der Waals surface area (Å²) in [6.45, 7) is 5.85.